The molecule has 0 saturated carbocycles. The number of carbonyl (C=O) groups is 1. The molecule has 0 aromatic heterocycles. The van der Waals surface area contributed by atoms with Crippen LogP contribution < -0.4 is 5.32 Å². The summed E-state index contributed by atoms with van der Waals surface area (Å²) in [5, 5.41) is 4.12. The number of nitrogens with zero attached hydrogens (tertiary/aromatic N) is 1. The Bertz CT molecular complexity index is 734. The van der Waals surface area contributed by atoms with Crippen molar-refractivity contribution in [1.82, 2.24) is 10.2 Å². The number of halogens is 2. The highest BCUT2D eigenvalue weighted by Crippen LogP contribution is 2.23. The molecule has 1 N–H and O–H groups in total. The largest absolute Gasteiger partial charge is 0.379 e. The van der Waals surface area contributed by atoms with Crippen molar-refractivity contribution in [3.05, 3.63) is 69.7 Å². The average Bonchev–Trinajstić information content (AvgIpc) is 2.66. The predicted molar refractivity (Wildman–Crippen MR) is 105 cm³/mol. The molecule has 0 spiro atoms. The summed E-state index contributed by atoms with van der Waals surface area (Å²) in [6.45, 7) is 4.00. The third-order valence-corrected chi connectivity index (χ3v) is 5.17. The van der Waals surface area contributed by atoms with Gasteiger partial charge in [-0.1, -0.05) is 59.6 Å². The van der Waals surface area contributed by atoms with Gasteiger partial charge in [0.25, 0.3) is 0 Å². The number of hydrogen-bond donors (Lipinski definition) is 1. The smallest absolute Gasteiger partial charge is 0.224 e. The van der Waals surface area contributed by atoms with E-state index >= 15 is 0 Å². The lowest BCUT2D eigenvalue weighted by Crippen LogP contribution is -2.43. The summed E-state index contributed by atoms with van der Waals surface area (Å²) in [7, 11) is 0. The second-order valence-corrected chi connectivity index (χ2v) is 7.18. The lowest BCUT2D eigenvalue weighted by atomic mass is 10.1. The molecule has 1 aliphatic heterocycles. The predicted octanol–water partition coefficient (Wildman–Crippen LogP) is 3.73. The van der Waals surface area contributed by atoms with E-state index in [1.54, 1.807) is 12.1 Å². The molecule has 4 nitrogen and oxygen atoms in total. The van der Waals surface area contributed by atoms with Crippen LogP contribution in [-0.2, 0) is 16.0 Å². The summed E-state index contributed by atoms with van der Waals surface area (Å²) < 4.78 is 5.42. The van der Waals surface area contributed by atoms with Gasteiger partial charge in [-0.2, -0.15) is 0 Å². The Hall–Kier alpha value is -1.59. The van der Waals surface area contributed by atoms with E-state index in [0.717, 1.165) is 44.0 Å². The van der Waals surface area contributed by atoms with Gasteiger partial charge in [0, 0.05) is 19.6 Å². The number of nitrogens with one attached hydrogen (secondary N) is 1. The van der Waals surface area contributed by atoms with Gasteiger partial charge in [0.15, 0.2) is 0 Å². The molecule has 1 aliphatic rings. The Kier molecular flexibility index (Phi) is 6.92. The van der Waals surface area contributed by atoms with Crippen molar-refractivity contribution < 1.29 is 9.53 Å². The van der Waals surface area contributed by atoms with Gasteiger partial charge in [0.05, 0.1) is 35.7 Å². The van der Waals surface area contributed by atoms with Crippen LogP contribution >= 0.6 is 23.2 Å². The van der Waals surface area contributed by atoms with E-state index in [1.165, 1.54) is 0 Å². The van der Waals surface area contributed by atoms with Crippen LogP contribution in [0.15, 0.2) is 48.5 Å². The summed E-state index contributed by atoms with van der Waals surface area (Å²) in [6, 6.07) is 15.3. The maximum absolute atomic E-state index is 12.6. The lowest BCUT2D eigenvalue weighted by Gasteiger charge is -2.31. The molecular weight excluding hydrogens is 371 g/mol. The Morgan fingerprint density at radius 2 is 1.81 bits per heavy atom. The first-order valence-corrected chi connectivity index (χ1v) is 9.46. The number of amides is 1. The quantitative estimate of drug-likeness (QED) is 0.813. The summed E-state index contributed by atoms with van der Waals surface area (Å²) in [6.07, 6.45) is 0.267. The first kappa shape index (κ1) is 19.2. The fourth-order valence-corrected chi connectivity index (χ4v) is 3.36. The van der Waals surface area contributed by atoms with Crippen molar-refractivity contribution in [3.63, 3.8) is 0 Å². The molecule has 1 amide bonds. The van der Waals surface area contributed by atoms with E-state index in [-0.39, 0.29) is 18.4 Å². The van der Waals surface area contributed by atoms with Crippen LogP contribution in [0.3, 0.4) is 0 Å². The van der Waals surface area contributed by atoms with Gasteiger partial charge in [-0.05, 0) is 23.3 Å². The molecule has 0 bridgehead atoms. The molecular formula is C20H22Cl2N2O2. The van der Waals surface area contributed by atoms with E-state index in [2.05, 4.69) is 10.2 Å². The highest BCUT2D eigenvalue weighted by Gasteiger charge is 2.20. The van der Waals surface area contributed by atoms with Crippen molar-refractivity contribution in [2.45, 2.75) is 12.5 Å². The molecule has 26 heavy (non-hydrogen) atoms. The summed E-state index contributed by atoms with van der Waals surface area (Å²) in [5.41, 5.74) is 1.94. The number of rotatable bonds is 6. The molecule has 1 heterocycles. The van der Waals surface area contributed by atoms with Gasteiger partial charge in [-0.15, -0.1) is 0 Å². The fourth-order valence-electron chi connectivity index (χ4n) is 3.04. The first-order valence-electron chi connectivity index (χ1n) is 8.70. The third-order valence-electron chi connectivity index (χ3n) is 4.43. The van der Waals surface area contributed by atoms with Gasteiger partial charge >= 0.3 is 0 Å². The minimum Gasteiger partial charge on any atom is -0.379 e. The van der Waals surface area contributed by atoms with Crippen LogP contribution in [0, 0.1) is 0 Å². The van der Waals surface area contributed by atoms with Gasteiger partial charge in [-0.25, -0.2) is 0 Å². The topological polar surface area (TPSA) is 41.6 Å². The van der Waals surface area contributed by atoms with Crippen LogP contribution in [-0.4, -0.2) is 43.7 Å². The Balaban J connectivity index is 1.67. The van der Waals surface area contributed by atoms with Crippen LogP contribution in [0.5, 0.6) is 0 Å². The summed E-state index contributed by atoms with van der Waals surface area (Å²) >= 11 is 12.0. The number of ether oxygens (including phenoxy) is 1. The number of hydrogen-bond acceptors (Lipinski definition) is 3. The standard InChI is InChI=1S/C20H22Cl2N2O2/c21-17-7-6-15(12-18(17)22)13-20(25)23-19(16-4-2-1-3-5-16)14-24-8-10-26-11-9-24/h1-7,12,19H,8-11,13-14H2,(H,23,25)/t19-/m1/s1. The van der Waals surface area contributed by atoms with Crippen molar-refractivity contribution in [3.8, 4) is 0 Å². The molecule has 1 saturated heterocycles. The van der Waals surface area contributed by atoms with Crippen LogP contribution in [0.25, 0.3) is 0 Å². The molecule has 0 unspecified atom stereocenters. The maximum atomic E-state index is 12.6. The van der Waals surface area contributed by atoms with Crippen molar-refractivity contribution >= 4 is 29.1 Å². The van der Waals surface area contributed by atoms with E-state index < -0.39 is 0 Å². The minimum atomic E-state index is -0.0652. The monoisotopic (exact) mass is 392 g/mol. The summed E-state index contributed by atoms with van der Waals surface area (Å²) in [4.78, 5) is 14.9. The molecule has 2 aromatic carbocycles. The molecule has 138 valence electrons. The molecule has 1 fully saturated rings. The Morgan fingerprint density at radius 1 is 1.08 bits per heavy atom. The molecule has 2 aromatic rings. The van der Waals surface area contributed by atoms with Gasteiger partial charge < -0.3 is 10.1 Å². The van der Waals surface area contributed by atoms with Crippen molar-refractivity contribution in [2.24, 2.45) is 0 Å². The van der Waals surface area contributed by atoms with Gasteiger partial charge in [-0.3, -0.25) is 9.69 Å². The maximum Gasteiger partial charge on any atom is 0.224 e. The highest BCUT2D eigenvalue weighted by atomic mass is 35.5. The lowest BCUT2D eigenvalue weighted by molar-refractivity contribution is -0.121. The second kappa shape index (κ2) is 9.38. The van der Waals surface area contributed by atoms with E-state index in [4.69, 9.17) is 27.9 Å². The van der Waals surface area contributed by atoms with Crippen LogP contribution in [0.2, 0.25) is 10.0 Å². The number of morpholine rings is 1. The normalized spacial score (nSPS) is 16.2. The summed E-state index contributed by atoms with van der Waals surface area (Å²) in [5.74, 6) is -0.0366. The third kappa shape index (κ3) is 5.45. The minimum absolute atomic E-state index is 0.0366. The zero-order valence-electron chi connectivity index (χ0n) is 14.5. The van der Waals surface area contributed by atoms with Gasteiger partial charge in [0.1, 0.15) is 0 Å². The van der Waals surface area contributed by atoms with Crippen LogP contribution in [0.1, 0.15) is 17.2 Å². The molecule has 1 atom stereocenters. The fraction of sp³-hybridized carbons (Fsp3) is 0.350. The Morgan fingerprint density at radius 3 is 2.50 bits per heavy atom. The van der Waals surface area contributed by atoms with Crippen molar-refractivity contribution in [2.75, 3.05) is 32.8 Å². The average molecular weight is 393 g/mol. The molecule has 0 radical (unpaired) electrons. The first-order chi connectivity index (χ1) is 12.6. The zero-order valence-corrected chi connectivity index (χ0v) is 16.0. The van der Waals surface area contributed by atoms with E-state index in [0.29, 0.717) is 10.0 Å². The van der Waals surface area contributed by atoms with Crippen molar-refractivity contribution in [1.29, 1.82) is 0 Å². The van der Waals surface area contributed by atoms with E-state index in [9.17, 15) is 4.79 Å². The van der Waals surface area contributed by atoms with Crippen LogP contribution in [0.4, 0.5) is 0 Å². The molecule has 0 aliphatic carbocycles. The molecule has 3 rings (SSSR count). The highest BCUT2D eigenvalue weighted by molar-refractivity contribution is 6.42. The zero-order chi connectivity index (χ0) is 18.4. The number of benzene rings is 2. The number of carbonyl (C=O) groups excluding carboxylic acids is 1. The van der Waals surface area contributed by atoms with Gasteiger partial charge in [0.2, 0.25) is 5.91 Å². The van der Waals surface area contributed by atoms with E-state index in [1.807, 2.05) is 36.4 Å². The molecule has 6 heteroatoms. The second-order valence-electron chi connectivity index (χ2n) is 6.37. The Labute approximate surface area is 164 Å². The SMILES string of the molecule is O=C(Cc1ccc(Cl)c(Cl)c1)N[C@H](CN1CCOCC1)c1ccccc1.